The molecule has 1 aliphatic carbocycles. The molecule has 0 unspecified atom stereocenters. The van der Waals surface area contributed by atoms with Crippen molar-refractivity contribution in [1.82, 2.24) is 10.3 Å². The molecule has 0 radical (unpaired) electrons. The van der Waals surface area contributed by atoms with Crippen molar-refractivity contribution in [3.63, 3.8) is 0 Å². The monoisotopic (exact) mass is 360 g/mol. The summed E-state index contributed by atoms with van der Waals surface area (Å²) in [6, 6.07) is 6.70. The van der Waals surface area contributed by atoms with Crippen molar-refractivity contribution in [3.8, 4) is 5.75 Å². The Hall–Kier alpha value is -2.51. The van der Waals surface area contributed by atoms with Crippen molar-refractivity contribution in [2.75, 3.05) is 0 Å². The maximum atomic E-state index is 13.2. The van der Waals surface area contributed by atoms with E-state index in [-0.39, 0.29) is 11.7 Å². The number of pyridine rings is 1. The number of nitrogens with zero attached hydrogens (tertiary/aromatic N) is 1. The van der Waals surface area contributed by atoms with E-state index < -0.39 is 30.2 Å². The number of aliphatic hydroxyl groups is 2. The van der Waals surface area contributed by atoms with Gasteiger partial charge in [-0.15, -0.1) is 0 Å². The van der Waals surface area contributed by atoms with Gasteiger partial charge in [0, 0.05) is 18.5 Å². The first-order valence-corrected chi connectivity index (χ1v) is 8.45. The standard InChI is InChI=1S/C19H21FN2O4/c1-11-7-12(10-21-9-11)19(25)22-15-5-6-16(18(24)17(15)23)26-14-4-2-3-13(20)8-14/h2-4,7-10,15-18,23-24H,5-6H2,1H3,(H,22,25)/t15-,16-,17-,18-/m1/s1. The molecule has 1 aliphatic rings. The minimum atomic E-state index is -1.20. The van der Waals surface area contributed by atoms with Crippen LogP contribution in [0.2, 0.25) is 0 Å². The van der Waals surface area contributed by atoms with E-state index >= 15 is 0 Å². The van der Waals surface area contributed by atoms with Crippen LogP contribution in [0.4, 0.5) is 4.39 Å². The predicted molar refractivity (Wildman–Crippen MR) is 92.3 cm³/mol. The molecule has 138 valence electrons. The van der Waals surface area contributed by atoms with Crippen LogP contribution in [0.15, 0.2) is 42.7 Å². The van der Waals surface area contributed by atoms with Crippen LogP contribution in [0.25, 0.3) is 0 Å². The lowest BCUT2D eigenvalue weighted by Gasteiger charge is -2.37. The number of aliphatic hydroxyl groups excluding tert-OH is 2. The summed E-state index contributed by atoms with van der Waals surface area (Å²) in [7, 11) is 0. The summed E-state index contributed by atoms with van der Waals surface area (Å²) in [5.41, 5.74) is 1.25. The van der Waals surface area contributed by atoms with Crippen LogP contribution in [0.5, 0.6) is 5.75 Å². The summed E-state index contributed by atoms with van der Waals surface area (Å²) in [4.78, 5) is 16.3. The van der Waals surface area contributed by atoms with Gasteiger partial charge in [0.25, 0.3) is 5.91 Å². The highest BCUT2D eigenvalue weighted by molar-refractivity contribution is 5.94. The summed E-state index contributed by atoms with van der Waals surface area (Å²) in [5, 5.41) is 23.4. The first kappa shape index (κ1) is 18.3. The SMILES string of the molecule is Cc1cncc(C(=O)N[C@@H]2CC[C@@H](Oc3cccc(F)c3)[C@@H](O)[C@@H]2O)c1. The van der Waals surface area contributed by atoms with E-state index in [2.05, 4.69) is 10.3 Å². The van der Waals surface area contributed by atoms with Crippen LogP contribution in [0.3, 0.4) is 0 Å². The zero-order chi connectivity index (χ0) is 18.7. The lowest BCUT2D eigenvalue weighted by atomic mass is 9.87. The molecular weight excluding hydrogens is 339 g/mol. The number of nitrogens with one attached hydrogen (secondary N) is 1. The van der Waals surface area contributed by atoms with Gasteiger partial charge < -0.3 is 20.3 Å². The van der Waals surface area contributed by atoms with Gasteiger partial charge in [0.1, 0.15) is 29.9 Å². The summed E-state index contributed by atoms with van der Waals surface area (Å²) >= 11 is 0. The van der Waals surface area contributed by atoms with Crippen molar-refractivity contribution >= 4 is 5.91 Å². The van der Waals surface area contributed by atoms with Crippen molar-refractivity contribution in [2.24, 2.45) is 0 Å². The first-order chi connectivity index (χ1) is 12.4. The smallest absolute Gasteiger partial charge is 0.253 e. The highest BCUT2D eigenvalue weighted by atomic mass is 19.1. The molecule has 26 heavy (non-hydrogen) atoms. The molecule has 0 bridgehead atoms. The average molecular weight is 360 g/mol. The number of carbonyl (C=O) groups excluding carboxylic acids is 1. The Balaban J connectivity index is 1.62. The van der Waals surface area contributed by atoms with Crippen LogP contribution in [-0.2, 0) is 0 Å². The second-order valence-corrected chi connectivity index (χ2v) is 6.50. The fourth-order valence-electron chi connectivity index (χ4n) is 3.08. The molecule has 2 aromatic rings. The van der Waals surface area contributed by atoms with Crippen molar-refractivity contribution in [3.05, 3.63) is 59.7 Å². The fraction of sp³-hybridized carbons (Fsp3) is 0.368. The molecule has 1 amide bonds. The largest absolute Gasteiger partial charge is 0.488 e. The molecule has 0 spiro atoms. The molecule has 3 rings (SSSR count). The molecule has 4 atom stereocenters. The number of hydrogen-bond acceptors (Lipinski definition) is 5. The Kier molecular flexibility index (Phi) is 5.49. The van der Waals surface area contributed by atoms with Gasteiger partial charge in [0.15, 0.2) is 0 Å². The van der Waals surface area contributed by atoms with Gasteiger partial charge in [-0.2, -0.15) is 0 Å². The number of amides is 1. The maximum Gasteiger partial charge on any atom is 0.253 e. The lowest BCUT2D eigenvalue weighted by molar-refractivity contribution is -0.0874. The van der Waals surface area contributed by atoms with Crippen molar-refractivity contribution < 1.29 is 24.1 Å². The molecule has 3 N–H and O–H groups in total. The molecule has 6 nitrogen and oxygen atoms in total. The van der Waals surface area contributed by atoms with Crippen molar-refractivity contribution in [2.45, 2.75) is 44.1 Å². The van der Waals surface area contributed by atoms with Gasteiger partial charge in [0.2, 0.25) is 0 Å². The molecule has 0 aliphatic heterocycles. The van der Waals surface area contributed by atoms with Crippen LogP contribution in [0, 0.1) is 12.7 Å². The second kappa shape index (κ2) is 7.80. The van der Waals surface area contributed by atoms with Gasteiger partial charge in [0.05, 0.1) is 11.6 Å². The average Bonchev–Trinajstić information content (AvgIpc) is 2.61. The van der Waals surface area contributed by atoms with Gasteiger partial charge in [-0.05, 0) is 43.5 Å². The molecule has 1 aromatic heterocycles. The molecule has 1 fully saturated rings. The topological polar surface area (TPSA) is 91.7 Å². The number of aryl methyl sites for hydroxylation is 1. The molecule has 1 saturated carbocycles. The lowest BCUT2D eigenvalue weighted by Crippen LogP contribution is -2.57. The normalized spacial score (nSPS) is 25.5. The van der Waals surface area contributed by atoms with E-state index in [0.717, 1.165) is 5.56 Å². The molecule has 1 aromatic carbocycles. The first-order valence-electron chi connectivity index (χ1n) is 8.45. The van der Waals surface area contributed by atoms with Crippen LogP contribution < -0.4 is 10.1 Å². The highest BCUT2D eigenvalue weighted by Crippen LogP contribution is 2.25. The molecule has 7 heteroatoms. The Labute approximate surface area is 150 Å². The van der Waals surface area contributed by atoms with E-state index in [1.165, 1.54) is 24.4 Å². The third kappa shape index (κ3) is 4.17. The number of hydrogen-bond donors (Lipinski definition) is 3. The zero-order valence-electron chi connectivity index (χ0n) is 14.3. The van der Waals surface area contributed by atoms with Crippen LogP contribution in [-0.4, -0.2) is 45.5 Å². The van der Waals surface area contributed by atoms with E-state index in [9.17, 15) is 19.4 Å². The van der Waals surface area contributed by atoms with Gasteiger partial charge in [-0.1, -0.05) is 6.07 Å². The van der Waals surface area contributed by atoms with E-state index in [0.29, 0.717) is 18.4 Å². The molecule has 0 saturated heterocycles. The quantitative estimate of drug-likeness (QED) is 0.770. The fourth-order valence-corrected chi connectivity index (χ4v) is 3.08. The third-order valence-electron chi connectivity index (χ3n) is 4.44. The Morgan fingerprint density at radius 2 is 2.04 bits per heavy atom. The van der Waals surface area contributed by atoms with E-state index in [4.69, 9.17) is 4.74 Å². The minimum Gasteiger partial charge on any atom is -0.488 e. The summed E-state index contributed by atoms with van der Waals surface area (Å²) in [5.74, 6) is -0.512. The molecular formula is C19H21FN2O4. The van der Waals surface area contributed by atoms with Crippen molar-refractivity contribution in [1.29, 1.82) is 0 Å². The number of halogens is 1. The van der Waals surface area contributed by atoms with Gasteiger partial charge in [-0.25, -0.2) is 4.39 Å². The number of aromatic nitrogens is 1. The number of rotatable bonds is 4. The summed E-state index contributed by atoms with van der Waals surface area (Å²) < 4.78 is 18.8. The van der Waals surface area contributed by atoms with E-state index in [1.54, 1.807) is 18.3 Å². The maximum absolute atomic E-state index is 13.2. The van der Waals surface area contributed by atoms with Gasteiger partial charge in [-0.3, -0.25) is 9.78 Å². The summed E-state index contributed by atoms with van der Waals surface area (Å²) in [6.07, 6.45) is 0.848. The van der Waals surface area contributed by atoms with E-state index in [1.807, 2.05) is 6.92 Å². The third-order valence-corrected chi connectivity index (χ3v) is 4.44. The zero-order valence-corrected chi connectivity index (χ0v) is 14.3. The van der Waals surface area contributed by atoms with Crippen LogP contribution in [0.1, 0.15) is 28.8 Å². The highest BCUT2D eigenvalue weighted by Gasteiger charge is 2.39. The number of benzene rings is 1. The summed E-state index contributed by atoms with van der Waals surface area (Å²) in [6.45, 7) is 1.83. The minimum absolute atomic E-state index is 0.287. The Morgan fingerprint density at radius 1 is 1.23 bits per heavy atom. The van der Waals surface area contributed by atoms with Crippen LogP contribution >= 0.6 is 0 Å². The Bertz CT molecular complexity index is 786. The second-order valence-electron chi connectivity index (χ2n) is 6.50. The number of ether oxygens (including phenoxy) is 1. The Morgan fingerprint density at radius 3 is 2.77 bits per heavy atom. The van der Waals surface area contributed by atoms with Gasteiger partial charge >= 0.3 is 0 Å². The number of carbonyl (C=O) groups is 1. The predicted octanol–water partition coefficient (Wildman–Crippen LogP) is 1.59. The molecule has 1 heterocycles.